The summed E-state index contributed by atoms with van der Waals surface area (Å²) in [4.78, 5) is 27.0. The van der Waals surface area contributed by atoms with Crippen molar-refractivity contribution in [2.75, 3.05) is 43.5 Å². The summed E-state index contributed by atoms with van der Waals surface area (Å²) in [5.41, 5.74) is 2.16. The Morgan fingerprint density at radius 1 is 0.694 bits per heavy atom. The molecule has 0 bridgehead atoms. The summed E-state index contributed by atoms with van der Waals surface area (Å²) in [6.45, 7) is 2.65. The van der Waals surface area contributed by atoms with E-state index in [1.807, 2.05) is 71.6 Å². The van der Waals surface area contributed by atoms with Crippen LogP contribution in [0.1, 0.15) is 36.0 Å². The predicted molar refractivity (Wildman–Crippen MR) is 142 cm³/mol. The zero-order valence-electron chi connectivity index (χ0n) is 20.4. The van der Waals surface area contributed by atoms with Gasteiger partial charge in [0.15, 0.2) is 0 Å². The quantitative estimate of drug-likeness (QED) is 0.384. The molecule has 3 aromatic carbocycles. The van der Waals surface area contributed by atoms with Gasteiger partial charge in [0.05, 0.1) is 6.54 Å². The first-order chi connectivity index (χ1) is 17.7. The molecule has 2 amide bonds. The van der Waals surface area contributed by atoms with Crippen LogP contribution in [0.2, 0.25) is 0 Å². The lowest BCUT2D eigenvalue weighted by molar-refractivity contribution is -0.114. The van der Waals surface area contributed by atoms with Crippen LogP contribution in [0.15, 0.2) is 78.9 Å². The number of nitrogens with zero attached hydrogens (tertiary/aromatic N) is 1. The fraction of sp³-hybridized carbons (Fsp3) is 0.310. The van der Waals surface area contributed by atoms with Crippen LogP contribution >= 0.6 is 0 Å². The number of rotatable bonds is 10. The van der Waals surface area contributed by atoms with E-state index in [2.05, 4.69) is 10.6 Å². The largest absolute Gasteiger partial charge is 0.490 e. The fourth-order valence-electron chi connectivity index (χ4n) is 4.04. The third-order valence-corrected chi connectivity index (χ3v) is 5.98. The Kier molecular flexibility index (Phi) is 9.19. The van der Waals surface area contributed by atoms with Crippen LogP contribution < -0.4 is 20.1 Å². The smallest absolute Gasteiger partial charge is 0.253 e. The molecule has 0 unspecified atom stereocenters. The summed E-state index contributed by atoms with van der Waals surface area (Å²) in [5, 5.41) is 5.97. The molecule has 36 heavy (non-hydrogen) atoms. The second-order valence-corrected chi connectivity index (χ2v) is 8.72. The number of carbonyl (C=O) groups excluding carboxylic acids is 2. The van der Waals surface area contributed by atoms with E-state index in [4.69, 9.17) is 9.47 Å². The summed E-state index contributed by atoms with van der Waals surface area (Å²) in [6.07, 6.45) is 4.52. The molecule has 0 aliphatic carbocycles. The molecule has 0 spiro atoms. The van der Waals surface area contributed by atoms with E-state index >= 15 is 0 Å². The van der Waals surface area contributed by atoms with Gasteiger partial charge in [0.2, 0.25) is 5.91 Å². The molecule has 188 valence electrons. The van der Waals surface area contributed by atoms with Gasteiger partial charge in [-0.25, -0.2) is 0 Å². The van der Waals surface area contributed by atoms with Crippen molar-refractivity contribution in [3.63, 3.8) is 0 Å². The molecule has 1 fully saturated rings. The molecule has 0 saturated carbocycles. The van der Waals surface area contributed by atoms with Crippen molar-refractivity contribution in [2.45, 2.75) is 25.7 Å². The van der Waals surface area contributed by atoms with Gasteiger partial charge in [-0.2, -0.15) is 0 Å². The van der Waals surface area contributed by atoms with Crippen molar-refractivity contribution < 1.29 is 19.1 Å². The third kappa shape index (κ3) is 7.77. The molecule has 0 atom stereocenters. The Balaban J connectivity index is 1.16. The maximum absolute atomic E-state index is 12.7. The highest BCUT2D eigenvalue weighted by Crippen LogP contribution is 2.17. The second-order valence-electron chi connectivity index (χ2n) is 8.72. The Morgan fingerprint density at radius 3 is 1.92 bits per heavy atom. The molecule has 7 heteroatoms. The number of benzene rings is 3. The average molecular weight is 488 g/mol. The molecule has 4 rings (SSSR count). The van der Waals surface area contributed by atoms with Crippen molar-refractivity contribution in [1.82, 2.24) is 4.90 Å². The van der Waals surface area contributed by atoms with Crippen LogP contribution in [0.3, 0.4) is 0 Å². The molecule has 3 aromatic rings. The van der Waals surface area contributed by atoms with E-state index in [9.17, 15) is 9.59 Å². The van der Waals surface area contributed by atoms with E-state index in [1.54, 1.807) is 12.1 Å². The number of hydrogen-bond acceptors (Lipinski definition) is 5. The van der Waals surface area contributed by atoms with Gasteiger partial charge in [-0.15, -0.1) is 0 Å². The first-order valence-corrected chi connectivity index (χ1v) is 12.5. The van der Waals surface area contributed by atoms with Crippen molar-refractivity contribution in [3.05, 3.63) is 84.4 Å². The number of amides is 2. The number of likely N-dealkylation sites (tertiary alicyclic amines) is 1. The topological polar surface area (TPSA) is 79.9 Å². The second kappa shape index (κ2) is 13.2. The van der Waals surface area contributed by atoms with Crippen molar-refractivity contribution in [3.8, 4) is 11.5 Å². The lowest BCUT2D eigenvalue weighted by Crippen LogP contribution is -2.31. The highest BCUT2D eigenvalue weighted by molar-refractivity contribution is 5.95. The van der Waals surface area contributed by atoms with Gasteiger partial charge in [-0.3, -0.25) is 9.59 Å². The molecule has 1 aliphatic heterocycles. The van der Waals surface area contributed by atoms with Gasteiger partial charge in [-0.1, -0.05) is 31.0 Å². The van der Waals surface area contributed by atoms with Gasteiger partial charge in [0.1, 0.15) is 24.7 Å². The van der Waals surface area contributed by atoms with E-state index < -0.39 is 0 Å². The summed E-state index contributed by atoms with van der Waals surface area (Å²) in [5.74, 6) is 1.43. The molecular formula is C29H33N3O4. The summed E-state index contributed by atoms with van der Waals surface area (Å²) >= 11 is 0. The third-order valence-electron chi connectivity index (χ3n) is 5.98. The Labute approximate surface area is 212 Å². The average Bonchev–Trinajstić information content (AvgIpc) is 3.21. The van der Waals surface area contributed by atoms with Gasteiger partial charge in [0.25, 0.3) is 5.91 Å². The summed E-state index contributed by atoms with van der Waals surface area (Å²) < 4.78 is 11.3. The summed E-state index contributed by atoms with van der Waals surface area (Å²) in [6, 6.07) is 24.1. The van der Waals surface area contributed by atoms with Crippen LogP contribution in [0, 0.1) is 0 Å². The predicted octanol–water partition coefficient (Wildman–Crippen LogP) is 5.21. The number of hydrogen-bond donors (Lipinski definition) is 2. The minimum absolute atomic E-state index is 0.0809. The zero-order chi connectivity index (χ0) is 25.0. The molecule has 7 nitrogen and oxygen atoms in total. The number of carbonyl (C=O) groups is 2. The summed E-state index contributed by atoms with van der Waals surface area (Å²) in [7, 11) is 0. The number of ether oxygens (including phenoxy) is 2. The molecule has 1 saturated heterocycles. The van der Waals surface area contributed by atoms with Crippen molar-refractivity contribution in [2.24, 2.45) is 0 Å². The highest BCUT2D eigenvalue weighted by atomic mass is 16.5. The van der Waals surface area contributed by atoms with Gasteiger partial charge < -0.3 is 25.0 Å². The molecule has 1 aliphatic rings. The maximum Gasteiger partial charge on any atom is 0.253 e. The van der Waals surface area contributed by atoms with Crippen molar-refractivity contribution >= 4 is 23.2 Å². The molecular weight excluding hydrogens is 454 g/mol. The van der Waals surface area contributed by atoms with Gasteiger partial charge >= 0.3 is 0 Å². The molecule has 1 heterocycles. The minimum atomic E-state index is -0.162. The Bertz CT molecular complexity index is 1090. The standard InChI is InChI=1S/C29H33N3O4/c33-28(22-30-24-12-10-23(11-13-24)29(34)32-18-6-1-2-7-19-32)31-25-14-16-27(17-15-25)36-21-20-35-26-8-4-3-5-9-26/h3-5,8-17,30H,1-2,6-7,18-22H2,(H,31,33). The first kappa shape index (κ1) is 25.1. The number of anilines is 2. The Morgan fingerprint density at radius 2 is 1.28 bits per heavy atom. The maximum atomic E-state index is 12.7. The van der Waals surface area contributed by atoms with Gasteiger partial charge in [0, 0.05) is 30.0 Å². The van der Waals surface area contributed by atoms with Crippen LogP contribution in [-0.4, -0.2) is 49.6 Å². The minimum Gasteiger partial charge on any atom is -0.490 e. The van der Waals surface area contributed by atoms with E-state index in [0.29, 0.717) is 30.2 Å². The fourth-order valence-corrected chi connectivity index (χ4v) is 4.04. The van der Waals surface area contributed by atoms with E-state index in [0.717, 1.165) is 37.4 Å². The van der Waals surface area contributed by atoms with Crippen LogP contribution in [0.25, 0.3) is 0 Å². The van der Waals surface area contributed by atoms with Crippen molar-refractivity contribution in [1.29, 1.82) is 0 Å². The van der Waals surface area contributed by atoms with E-state index in [1.165, 1.54) is 12.8 Å². The Hall–Kier alpha value is -4.00. The first-order valence-electron chi connectivity index (χ1n) is 12.5. The number of nitrogens with one attached hydrogen (secondary N) is 2. The molecule has 0 aromatic heterocycles. The lowest BCUT2D eigenvalue weighted by atomic mass is 10.1. The SMILES string of the molecule is O=C(CNc1ccc(C(=O)N2CCCCCC2)cc1)Nc1ccc(OCCOc2ccccc2)cc1. The molecule has 0 radical (unpaired) electrons. The van der Waals surface area contributed by atoms with Crippen LogP contribution in [0.5, 0.6) is 11.5 Å². The zero-order valence-corrected chi connectivity index (χ0v) is 20.4. The normalized spacial score (nSPS) is 13.4. The lowest BCUT2D eigenvalue weighted by Gasteiger charge is -2.20. The van der Waals surface area contributed by atoms with Gasteiger partial charge in [-0.05, 0) is 73.5 Å². The van der Waals surface area contributed by atoms with E-state index in [-0.39, 0.29) is 18.4 Å². The number of para-hydroxylation sites is 1. The molecule has 2 N–H and O–H groups in total. The van der Waals surface area contributed by atoms with Crippen LogP contribution in [-0.2, 0) is 4.79 Å². The van der Waals surface area contributed by atoms with Crippen LogP contribution in [0.4, 0.5) is 11.4 Å². The monoisotopic (exact) mass is 487 g/mol. The highest BCUT2D eigenvalue weighted by Gasteiger charge is 2.17.